The van der Waals surface area contributed by atoms with Crippen molar-refractivity contribution in [2.45, 2.75) is 38.2 Å². The van der Waals surface area contributed by atoms with Crippen molar-refractivity contribution in [3.05, 3.63) is 51.2 Å². The fraction of sp³-hybridized carbons (Fsp3) is 0.389. The Kier molecular flexibility index (Phi) is 6.37. The number of carbonyl (C=O) groups is 1. The van der Waals surface area contributed by atoms with Crippen LogP contribution in [-0.2, 0) is 27.8 Å². The summed E-state index contributed by atoms with van der Waals surface area (Å²) < 4.78 is 30.8. The summed E-state index contributed by atoms with van der Waals surface area (Å²) in [6.07, 6.45) is 1.97. The molecule has 1 heterocycles. The van der Waals surface area contributed by atoms with E-state index < -0.39 is 10.0 Å². The molecule has 0 spiro atoms. The number of ether oxygens (including phenoxy) is 1. The van der Waals surface area contributed by atoms with Gasteiger partial charge in [-0.25, -0.2) is 17.5 Å². The normalized spacial score (nSPS) is 11.7. The molecular formula is C18H23NO4S2. The Balaban J connectivity index is 2.09. The van der Waals surface area contributed by atoms with Crippen LogP contribution in [0, 0.1) is 6.92 Å². The van der Waals surface area contributed by atoms with Crippen molar-refractivity contribution in [2.75, 3.05) is 14.1 Å². The van der Waals surface area contributed by atoms with Gasteiger partial charge in [0, 0.05) is 19.0 Å². The molecule has 0 atom stereocenters. The van der Waals surface area contributed by atoms with E-state index in [0.29, 0.717) is 10.4 Å². The zero-order valence-electron chi connectivity index (χ0n) is 14.9. The highest BCUT2D eigenvalue weighted by molar-refractivity contribution is 7.89. The smallest absolute Gasteiger partial charge is 0.348 e. The average molecular weight is 382 g/mol. The van der Waals surface area contributed by atoms with E-state index in [1.54, 1.807) is 12.1 Å². The van der Waals surface area contributed by atoms with Crippen molar-refractivity contribution in [3.8, 4) is 0 Å². The summed E-state index contributed by atoms with van der Waals surface area (Å²) in [5.74, 6) is -0.378. The largest absolute Gasteiger partial charge is 0.457 e. The number of esters is 1. The molecule has 0 aliphatic heterocycles. The van der Waals surface area contributed by atoms with E-state index in [1.165, 1.54) is 43.1 Å². The molecule has 1 aromatic carbocycles. The molecule has 0 aliphatic carbocycles. The number of thiophene rings is 1. The van der Waals surface area contributed by atoms with Gasteiger partial charge in [0.15, 0.2) is 0 Å². The summed E-state index contributed by atoms with van der Waals surface area (Å²) in [6.45, 7) is 4.14. The molecule has 0 aliphatic rings. The van der Waals surface area contributed by atoms with Crippen LogP contribution < -0.4 is 0 Å². The Morgan fingerprint density at radius 3 is 2.60 bits per heavy atom. The average Bonchev–Trinajstić information content (AvgIpc) is 2.94. The summed E-state index contributed by atoms with van der Waals surface area (Å²) in [4.78, 5) is 14.1. The SMILES string of the molecule is CCCc1cc(C(=O)OCc2cccc(S(=O)(=O)N(C)C)c2)sc1C. The van der Waals surface area contributed by atoms with Crippen LogP contribution in [0.15, 0.2) is 35.2 Å². The van der Waals surface area contributed by atoms with E-state index in [9.17, 15) is 13.2 Å². The molecule has 0 radical (unpaired) electrons. The van der Waals surface area contributed by atoms with Crippen LogP contribution in [0.4, 0.5) is 0 Å². The minimum Gasteiger partial charge on any atom is -0.457 e. The molecular weight excluding hydrogens is 358 g/mol. The van der Waals surface area contributed by atoms with Crippen molar-refractivity contribution in [1.82, 2.24) is 4.31 Å². The second kappa shape index (κ2) is 8.12. The number of sulfonamides is 1. The quantitative estimate of drug-likeness (QED) is 0.687. The van der Waals surface area contributed by atoms with E-state index in [-0.39, 0.29) is 17.5 Å². The summed E-state index contributed by atoms with van der Waals surface area (Å²) in [5, 5.41) is 0. The van der Waals surface area contributed by atoms with E-state index in [2.05, 4.69) is 6.92 Å². The highest BCUT2D eigenvalue weighted by Gasteiger charge is 2.18. The molecule has 0 fully saturated rings. The first-order valence-electron chi connectivity index (χ1n) is 8.03. The van der Waals surface area contributed by atoms with Gasteiger partial charge in [0.25, 0.3) is 0 Å². The molecule has 0 bridgehead atoms. The number of nitrogens with zero attached hydrogens (tertiary/aromatic N) is 1. The fourth-order valence-corrected chi connectivity index (χ4v) is 4.30. The van der Waals surface area contributed by atoms with Gasteiger partial charge in [0.2, 0.25) is 10.0 Å². The first-order chi connectivity index (χ1) is 11.8. The number of hydrogen-bond acceptors (Lipinski definition) is 5. The van der Waals surface area contributed by atoms with Gasteiger partial charge >= 0.3 is 5.97 Å². The third-order valence-electron chi connectivity index (χ3n) is 3.79. The highest BCUT2D eigenvalue weighted by atomic mass is 32.2. The molecule has 0 unspecified atom stereocenters. The van der Waals surface area contributed by atoms with Gasteiger partial charge in [-0.3, -0.25) is 0 Å². The van der Waals surface area contributed by atoms with E-state index in [4.69, 9.17) is 4.74 Å². The van der Waals surface area contributed by atoms with Gasteiger partial charge in [-0.15, -0.1) is 11.3 Å². The Hall–Kier alpha value is -1.70. The van der Waals surface area contributed by atoms with Crippen LogP contribution in [0.5, 0.6) is 0 Å². The molecule has 2 rings (SSSR count). The Morgan fingerprint density at radius 1 is 1.24 bits per heavy atom. The molecule has 1 aromatic heterocycles. The molecule has 7 heteroatoms. The Morgan fingerprint density at radius 2 is 1.96 bits per heavy atom. The summed E-state index contributed by atoms with van der Waals surface area (Å²) in [6, 6.07) is 8.34. The molecule has 0 N–H and O–H groups in total. The van der Waals surface area contributed by atoms with Crippen LogP contribution in [0.1, 0.15) is 39.0 Å². The van der Waals surface area contributed by atoms with Gasteiger partial charge in [-0.1, -0.05) is 25.5 Å². The van der Waals surface area contributed by atoms with E-state index >= 15 is 0 Å². The molecule has 5 nitrogen and oxygen atoms in total. The first kappa shape index (κ1) is 19.6. The Bertz CT molecular complexity index is 854. The van der Waals surface area contributed by atoms with Crippen LogP contribution in [0.3, 0.4) is 0 Å². The third kappa shape index (κ3) is 4.68. The van der Waals surface area contributed by atoms with Crippen LogP contribution >= 0.6 is 11.3 Å². The second-order valence-corrected chi connectivity index (χ2v) is 9.36. The van der Waals surface area contributed by atoms with Crippen molar-refractivity contribution in [2.24, 2.45) is 0 Å². The minimum atomic E-state index is -3.50. The number of benzene rings is 1. The fourth-order valence-electron chi connectivity index (χ4n) is 2.36. The Labute approximate surface area is 153 Å². The number of rotatable bonds is 7. The van der Waals surface area contributed by atoms with Crippen molar-refractivity contribution >= 4 is 27.3 Å². The van der Waals surface area contributed by atoms with Gasteiger partial charge in [-0.2, -0.15) is 0 Å². The van der Waals surface area contributed by atoms with Crippen LogP contribution in [0.2, 0.25) is 0 Å². The van der Waals surface area contributed by atoms with Gasteiger partial charge in [0.05, 0.1) is 4.90 Å². The molecule has 25 heavy (non-hydrogen) atoms. The lowest BCUT2D eigenvalue weighted by atomic mass is 10.1. The standard InChI is InChI=1S/C18H23NO4S2/c1-5-7-15-11-17(24-13(15)2)18(20)23-12-14-8-6-9-16(10-14)25(21,22)19(3)4/h6,8-11H,5,7,12H2,1-4H3. The monoisotopic (exact) mass is 381 g/mol. The van der Waals surface area contributed by atoms with Crippen molar-refractivity contribution in [3.63, 3.8) is 0 Å². The number of aryl methyl sites for hydroxylation is 2. The summed E-state index contributed by atoms with van der Waals surface area (Å²) in [7, 11) is -0.541. The third-order valence-corrected chi connectivity index (χ3v) is 6.67. The first-order valence-corrected chi connectivity index (χ1v) is 10.3. The lowest BCUT2D eigenvalue weighted by Gasteiger charge is -2.12. The minimum absolute atomic E-state index is 0.0374. The van der Waals surface area contributed by atoms with Gasteiger partial charge in [0.1, 0.15) is 11.5 Å². The molecule has 0 saturated heterocycles. The summed E-state index contributed by atoms with van der Waals surface area (Å²) >= 11 is 1.43. The van der Waals surface area contributed by atoms with Crippen molar-refractivity contribution in [1.29, 1.82) is 0 Å². The lowest BCUT2D eigenvalue weighted by Crippen LogP contribution is -2.22. The zero-order chi connectivity index (χ0) is 18.6. The number of hydrogen-bond donors (Lipinski definition) is 0. The topological polar surface area (TPSA) is 63.7 Å². The predicted octanol–water partition coefficient (Wildman–Crippen LogP) is 3.62. The number of carbonyl (C=O) groups excluding carboxylic acids is 1. The molecule has 136 valence electrons. The second-order valence-electron chi connectivity index (χ2n) is 5.95. The maximum absolute atomic E-state index is 12.2. The van der Waals surface area contributed by atoms with Crippen LogP contribution in [0.25, 0.3) is 0 Å². The van der Waals surface area contributed by atoms with E-state index in [0.717, 1.165) is 22.0 Å². The van der Waals surface area contributed by atoms with Crippen molar-refractivity contribution < 1.29 is 17.9 Å². The maximum Gasteiger partial charge on any atom is 0.348 e. The summed E-state index contributed by atoms with van der Waals surface area (Å²) in [5.41, 5.74) is 1.82. The van der Waals surface area contributed by atoms with E-state index in [1.807, 2.05) is 13.0 Å². The molecule has 2 aromatic rings. The van der Waals surface area contributed by atoms with Gasteiger partial charge < -0.3 is 4.74 Å². The zero-order valence-corrected chi connectivity index (χ0v) is 16.5. The molecule has 0 saturated carbocycles. The maximum atomic E-state index is 12.2. The lowest BCUT2D eigenvalue weighted by molar-refractivity contribution is 0.0478. The van der Waals surface area contributed by atoms with Gasteiger partial charge in [-0.05, 0) is 42.7 Å². The predicted molar refractivity (Wildman–Crippen MR) is 99.5 cm³/mol. The molecule has 0 amide bonds. The highest BCUT2D eigenvalue weighted by Crippen LogP contribution is 2.24. The van der Waals surface area contributed by atoms with Crippen LogP contribution in [-0.4, -0.2) is 32.8 Å².